The van der Waals surface area contributed by atoms with E-state index < -0.39 is 17.8 Å². The van der Waals surface area contributed by atoms with Gasteiger partial charge in [-0.05, 0) is 34.9 Å². The summed E-state index contributed by atoms with van der Waals surface area (Å²) < 4.78 is 5.13. The number of hydrogen-bond acceptors (Lipinski definition) is 4. The van der Waals surface area contributed by atoms with E-state index in [-0.39, 0.29) is 0 Å². The molecule has 0 saturated carbocycles. The first-order chi connectivity index (χ1) is 7.14. The molecule has 0 aliphatic rings. The molecule has 96 valence electrons. The lowest BCUT2D eigenvalue weighted by Gasteiger charge is -2.28. The molecule has 0 aromatic carbocycles. The van der Waals surface area contributed by atoms with E-state index in [1.165, 1.54) is 4.90 Å². The van der Waals surface area contributed by atoms with Gasteiger partial charge in [-0.25, -0.2) is 4.79 Å². The maximum atomic E-state index is 11.6. The maximum Gasteiger partial charge on any atom is 0.409 e. The summed E-state index contributed by atoms with van der Waals surface area (Å²) in [5.74, 6) is 0. The Morgan fingerprint density at radius 2 is 1.81 bits per heavy atom. The first-order valence-corrected chi connectivity index (χ1v) is 5.43. The quantitative estimate of drug-likeness (QED) is 0.761. The van der Waals surface area contributed by atoms with E-state index >= 15 is 0 Å². The SMILES string of the molecule is CC(OC(=O)N(C)CCN(C)C)C(C)(C)O. The highest BCUT2D eigenvalue weighted by Crippen LogP contribution is 2.12. The number of carbonyl (C=O) groups is 1. The summed E-state index contributed by atoms with van der Waals surface area (Å²) in [6, 6.07) is 0. The van der Waals surface area contributed by atoms with Crippen molar-refractivity contribution in [3.63, 3.8) is 0 Å². The lowest BCUT2D eigenvalue weighted by atomic mass is 10.0. The molecule has 0 spiro atoms. The molecule has 0 fully saturated rings. The van der Waals surface area contributed by atoms with E-state index in [1.54, 1.807) is 27.8 Å². The minimum atomic E-state index is -1.02. The summed E-state index contributed by atoms with van der Waals surface area (Å²) in [6.07, 6.45) is -0.932. The van der Waals surface area contributed by atoms with Gasteiger partial charge in [0.25, 0.3) is 0 Å². The molecule has 1 atom stereocenters. The van der Waals surface area contributed by atoms with Crippen LogP contribution in [0.15, 0.2) is 0 Å². The van der Waals surface area contributed by atoms with Gasteiger partial charge in [-0.3, -0.25) is 0 Å². The Bertz CT molecular complexity index is 224. The van der Waals surface area contributed by atoms with Gasteiger partial charge in [0.05, 0.1) is 5.60 Å². The van der Waals surface area contributed by atoms with Gasteiger partial charge in [-0.1, -0.05) is 0 Å². The molecular weight excluding hydrogens is 208 g/mol. The highest BCUT2D eigenvalue weighted by molar-refractivity contribution is 5.67. The average Bonchev–Trinajstić information content (AvgIpc) is 2.12. The molecule has 1 N–H and O–H groups in total. The molecule has 0 aromatic heterocycles. The Hall–Kier alpha value is -0.810. The molecule has 0 bridgehead atoms. The van der Waals surface area contributed by atoms with Gasteiger partial charge in [0.15, 0.2) is 0 Å². The second kappa shape index (κ2) is 6.06. The van der Waals surface area contributed by atoms with E-state index in [0.29, 0.717) is 6.54 Å². The fourth-order valence-electron chi connectivity index (χ4n) is 0.827. The molecule has 0 aliphatic carbocycles. The Kier molecular flexibility index (Phi) is 5.75. The van der Waals surface area contributed by atoms with Crippen molar-refractivity contribution < 1.29 is 14.6 Å². The van der Waals surface area contributed by atoms with Gasteiger partial charge in [0, 0.05) is 20.1 Å². The van der Waals surface area contributed by atoms with Crippen molar-refractivity contribution in [2.24, 2.45) is 0 Å². The van der Waals surface area contributed by atoms with Crippen LogP contribution in [-0.2, 0) is 4.74 Å². The van der Waals surface area contributed by atoms with Crippen molar-refractivity contribution in [2.75, 3.05) is 34.2 Å². The molecule has 0 heterocycles. The Morgan fingerprint density at radius 1 is 1.31 bits per heavy atom. The zero-order chi connectivity index (χ0) is 12.9. The third kappa shape index (κ3) is 5.92. The largest absolute Gasteiger partial charge is 0.443 e. The minimum absolute atomic E-state index is 0.406. The number of aliphatic hydroxyl groups is 1. The lowest BCUT2D eigenvalue weighted by molar-refractivity contribution is -0.0533. The molecule has 16 heavy (non-hydrogen) atoms. The fraction of sp³-hybridized carbons (Fsp3) is 0.909. The first-order valence-electron chi connectivity index (χ1n) is 5.43. The number of rotatable bonds is 5. The Balaban J connectivity index is 4.06. The summed E-state index contributed by atoms with van der Waals surface area (Å²) >= 11 is 0. The number of amides is 1. The van der Waals surface area contributed by atoms with Crippen LogP contribution in [0.5, 0.6) is 0 Å². The first kappa shape index (κ1) is 15.2. The van der Waals surface area contributed by atoms with Crippen molar-refractivity contribution in [2.45, 2.75) is 32.5 Å². The van der Waals surface area contributed by atoms with Crippen LogP contribution in [0.4, 0.5) is 4.79 Å². The van der Waals surface area contributed by atoms with Crippen LogP contribution in [0.2, 0.25) is 0 Å². The predicted molar refractivity (Wildman–Crippen MR) is 63.4 cm³/mol. The molecule has 5 nitrogen and oxygen atoms in total. The third-order valence-corrected chi connectivity index (χ3v) is 2.47. The van der Waals surface area contributed by atoms with Gasteiger partial charge in [-0.2, -0.15) is 0 Å². The van der Waals surface area contributed by atoms with E-state index in [2.05, 4.69) is 0 Å². The van der Waals surface area contributed by atoms with Crippen molar-refractivity contribution >= 4 is 6.09 Å². The maximum absolute atomic E-state index is 11.6. The van der Waals surface area contributed by atoms with Gasteiger partial charge in [0.1, 0.15) is 6.10 Å². The standard InChI is InChI=1S/C11H24N2O3/c1-9(11(2,3)15)16-10(14)13(6)8-7-12(4)5/h9,15H,7-8H2,1-6H3. The third-order valence-electron chi connectivity index (χ3n) is 2.47. The monoisotopic (exact) mass is 232 g/mol. The number of ether oxygens (including phenoxy) is 1. The van der Waals surface area contributed by atoms with Gasteiger partial charge in [-0.15, -0.1) is 0 Å². The molecular formula is C11H24N2O3. The zero-order valence-electron chi connectivity index (χ0n) is 11.1. The summed E-state index contributed by atoms with van der Waals surface area (Å²) in [4.78, 5) is 15.1. The highest BCUT2D eigenvalue weighted by Gasteiger charge is 2.27. The molecule has 0 aromatic rings. The Morgan fingerprint density at radius 3 is 2.19 bits per heavy atom. The molecule has 0 radical (unpaired) electrons. The second-order valence-corrected chi connectivity index (χ2v) is 4.90. The van der Waals surface area contributed by atoms with Gasteiger partial charge >= 0.3 is 6.09 Å². The second-order valence-electron chi connectivity index (χ2n) is 4.90. The molecule has 1 amide bonds. The van der Waals surface area contributed by atoms with Crippen molar-refractivity contribution in [3.05, 3.63) is 0 Å². The van der Waals surface area contributed by atoms with Crippen LogP contribution in [0.25, 0.3) is 0 Å². The van der Waals surface area contributed by atoms with Gasteiger partial charge in [0.2, 0.25) is 0 Å². The zero-order valence-corrected chi connectivity index (χ0v) is 11.1. The topological polar surface area (TPSA) is 53.0 Å². The molecule has 0 rings (SSSR count). The summed E-state index contributed by atoms with van der Waals surface area (Å²) in [7, 11) is 5.57. The highest BCUT2D eigenvalue weighted by atomic mass is 16.6. The number of likely N-dealkylation sites (N-methyl/N-ethyl adjacent to an activating group) is 2. The molecule has 5 heteroatoms. The number of hydrogen-bond donors (Lipinski definition) is 1. The van der Waals surface area contributed by atoms with Crippen LogP contribution < -0.4 is 0 Å². The fourth-order valence-corrected chi connectivity index (χ4v) is 0.827. The van der Waals surface area contributed by atoms with E-state index in [0.717, 1.165) is 6.54 Å². The van der Waals surface area contributed by atoms with E-state index in [1.807, 2.05) is 19.0 Å². The van der Waals surface area contributed by atoms with Crippen LogP contribution in [0.3, 0.4) is 0 Å². The van der Waals surface area contributed by atoms with Crippen LogP contribution in [0, 0.1) is 0 Å². The van der Waals surface area contributed by atoms with Crippen LogP contribution in [-0.4, -0.2) is 66.9 Å². The summed E-state index contributed by atoms with van der Waals surface area (Å²) in [5, 5.41) is 9.63. The molecule has 1 unspecified atom stereocenters. The summed E-state index contributed by atoms with van der Waals surface area (Å²) in [6.45, 7) is 6.29. The van der Waals surface area contributed by atoms with Gasteiger partial charge < -0.3 is 19.6 Å². The average molecular weight is 232 g/mol. The number of nitrogens with zero attached hydrogens (tertiary/aromatic N) is 2. The predicted octanol–water partition coefficient (Wildman–Crippen LogP) is 0.776. The van der Waals surface area contributed by atoms with E-state index in [4.69, 9.17) is 4.74 Å². The van der Waals surface area contributed by atoms with Crippen LogP contribution in [0.1, 0.15) is 20.8 Å². The summed E-state index contributed by atoms with van der Waals surface area (Å²) in [5.41, 5.74) is -1.02. The van der Waals surface area contributed by atoms with Crippen molar-refractivity contribution in [3.8, 4) is 0 Å². The van der Waals surface area contributed by atoms with Crippen LogP contribution >= 0.6 is 0 Å². The van der Waals surface area contributed by atoms with Crippen molar-refractivity contribution in [1.29, 1.82) is 0 Å². The van der Waals surface area contributed by atoms with Crippen molar-refractivity contribution in [1.82, 2.24) is 9.80 Å². The van der Waals surface area contributed by atoms with E-state index in [9.17, 15) is 9.90 Å². The normalized spacial score (nSPS) is 13.8. The smallest absolute Gasteiger partial charge is 0.409 e. The molecule has 0 saturated heterocycles. The minimum Gasteiger partial charge on any atom is -0.443 e. The Labute approximate surface area is 98.0 Å². The molecule has 0 aliphatic heterocycles. The number of carbonyl (C=O) groups excluding carboxylic acids is 1. The lowest BCUT2D eigenvalue weighted by Crippen LogP contribution is -2.42.